The highest BCUT2D eigenvalue weighted by Gasteiger charge is 2.27. The highest BCUT2D eigenvalue weighted by Crippen LogP contribution is 2.43. The number of aliphatic hydroxyl groups excluding tert-OH is 1. The van der Waals surface area contributed by atoms with E-state index in [-0.39, 0.29) is 26.1 Å². The number of aliphatic hydroxyl groups is 1. The van der Waals surface area contributed by atoms with Crippen LogP contribution in [0.3, 0.4) is 0 Å². The van der Waals surface area contributed by atoms with Gasteiger partial charge in [0.05, 0.1) is 33.9 Å². The Balaban J connectivity index is 4.42. The number of nitrogens with zero attached hydrogens (tertiary/aromatic N) is 1. The van der Waals surface area contributed by atoms with E-state index < -0.39 is 38.6 Å². The Bertz CT molecular complexity index is 1240. The van der Waals surface area contributed by atoms with Crippen LogP contribution in [0.4, 0.5) is 0 Å². The van der Waals surface area contributed by atoms with Crippen molar-refractivity contribution in [3.63, 3.8) is 0 Å². The zero-order valence-electron chi connectivity index (χ0n) is 39.5. The third-order valence-electron chi connectivity index (χ3n) is 10.1. The maximum atomic E-state index is 12.7. The first-order chi connectivity index (χ1) is 29.4. The molecule has 0 fully saturated rings. The second kappa shape index (κ2) is 41.7. The standard InChI is InChI=1S/C50H90NO9P/c1-6-8-10-12-14-15-16-17-18-19-20-21-22-23-24-25-29-33-37-41-49(53)57-45-48(46-59-61(55,56)58-44-43-51(3,4)5)60-50(54)42-38-34-30-27-26-28-32-36-40-47(52)39-35-31-13-11-9-7-2/h9,11,27-28,30-32,35-36,40,47-48,52H,6-8,10,12-26,29,33-34,37-39,41-46H2,1-5H3/p+1/b11-9-,30-27-,32-28-,35-31-,40-36+/t47?,48-/m1/s1. The van der Waals surface area contributed by atoms with E-state index in [1.807, 2.05) is 57.6 Å². The van der Waals surface area contributed by atoms with Gasteiger partial charge in [-0.3, -0.25) is 18.6 Å². The monoisotopic (exact) mass is 881 g/mol. The van der Waals surface area contributed by atoms with Crippen molar-refractivity contribution in [3.05, 3.63) is 60.8 Å². The first-order valence-corrected chi connectivity index (χ1v) is 25.6. The average molecular weight is 881 g/mol. The number of hydrogen-bond donors (Lipinski definition) is 2. The second-order valence-corrected chi connectivity index (χ2v) is 18.8. The minimum absolute atomic E-state index is 0.00867. The highest BCUT2D eigenvalue weighted by molar-refractivity contribution is 7.47. The molecule has 0 aliphatic heterocycles. The number of phosphoric acid groups is 1. The summed E-state index contributed by atoms with van der Waals surface area (Å²) in [6.07, 6.45) is 47.4. The molecule has 11 heteroatoms. The van der Waals surface area contributed by atoms with Crippen molar-refractivity contribution >= 4 is 19.8 Å². The van der Waals surface area contributed by atoms with Crippen molar-refractivity contribution in [1.29, 1.82) is 0 Å². The quantitative estimate of drug-likeness (QED) is 0.0154. The van der Waals surface area contributed by atoms with Gasteiger partial charge >= 0.3 is 19.8 Å². The lowest BCUT2D eigenvalue weighted by Gasteiger charge is -2.24. The maximum Gasteiger partial charge on any atom is 0.472 e. The molecule has 0 spiro atoms. The van der Waals surface area contributed by atoms with E-state index in [0.29, 0.717) is 30.3 Å². The largest absolute Gasteiger partial charge is 0.472 e. The number of allylic oxidation sites excluding steroid dienone is 8. The minimum Gasteiger partial charge on any atom is -0.462 e. The van der Waals surface area contributed by atoms with Gasteiger partial charge in [-0.05, 0) is 44.9 Å². The molecule has 0 saturated carbocycles. The molecule has 0 aromatic heterocycles. The van der Waals surface area contributed by atoms with Crippen LogP contribution in [-0.4, -0.2) is 86.1 Å². The number of phosphoric ester groups is 1. The fourth-order valence-corrected chi connectivity index (χ4v) is 7.11. The van der Waals surface area contributed by atoms with Gasteiger partial charge in [-0.2, -0.15) is 0 Å². The molecule has 0 heterocycles. The summed E-state index contributed by atoms with van der Waals surface area (Å²) in [5.74, 6) is -0.903. The maximum absolute atomic E-state index is 12.7. The third-order valence-corrected chi connectivity index (χ3v) is 11.1. The molecule has 0 aliphatic carbocycles. The Morgan fingerprint density at radius 3 is 1.70 bits per heavy atom. The second-order valence-electron chi connectivity index (χ2n) is 17.3. The normalized spacial score (nSPS) is 14.5. The third kappa shape index (κ3) is 45.5. The predicted molar refractivity (Wildman–Crippen MR) is 253 cm³/mol. The number of rotatable bonds is 43. The van der Waals surface area contributed by atoms with Gasteiger partial charge in [0.2, 0.25) is 0 Å². The zero-order valence-corrected chi connectivity index (χ0v) is 40.4. The summed E-state index contributed by atoms with van der Waals surface area (Å²) in [4.78, 5) is 35.4. The van der Waals surface area contributed by atoms with Crippen molar-refractivity contribution in [2.75, 3.05) is 47.5 Å². The fourth-order valence-electron chi connectivity index (χ4n) is 6.37. The van der Waals surface area contributed by atoms with E-state index in [4.69, 9.17) is 18.5 Å². The number of hydrogen-bond acceptors (Lipinski definition) is 8. The molecule has 0 aliphatic rings. The van der Waals surface area contributed by atoms with E-state index in [0.717, 1.165) is 38.5 Å². The summed E-state index contributed by atoms with van der Waals surface area (Å²) in [5, 5.41) is 10.0. The van der Waals surface area contributed by atoms with Crippen LogP contribution in [0.5, 0.6) is 0 Å². The lowest BCUT2D eigenvalue weighted by Crippen LogP contribution is -2.37. The van der Waals surface area contributed by atoms with Crippen LogP contribution in [0, 0.1) is 0 Å². The number of ether oxygens (including phenoxy) is 2. The van der Waals surface area contributed by atoms with Crippen LogP contribution in [0.25, 0.3) is 0 Å². The van der Waals surface area contributed by atoms with E-state index >= 15 is 0 Å². The minimum atomic E-state index is -4.41. The number of unbranched alkanes of at least 4 members (excludes halogenated alkanes) is 19. The topological polar surface area (TPSA) is 129 Å². The van der Waals surface area contributed by atoms with Crippen molar-refractivity contribution < 1.29 is 47.2 Å². The summed E-state index contributed by atoms with van der Waals surface area (Å²) in [7, 11) is 1.40. The van der Waals surface area contributed by atoms with Crippen LogP contribution in [0.15, 0.2) is 60.8 Å². The first-order valence-electron chi connectivity index (χ1n) is 24.1. The van der Waals surface area contributed by atoms with Crippen molar-refractivity contribution in [2.24, 2.45) is 0 Å². The van der Waals surface area contributed by atoms with Gasteiger partial charge in [0, 0.05) is 12.8 Å². The van der Waals surface area contributed by atoms with Gasteiger partial charge in [0.1, 0.15) is 19.8 Å². The van der Waals surface area contributed by atoms with Crippen LogP contribution in [0.2, 0.25) is 0 Å². The Hall–Kier alpha value is -2.33. The number of carbonyl (C=O) groups excluding carboxylic acids is 2. The SMILES string of the molecule is CC/C=C\C/C=C\CC(O)/C=C/C=C\C/C=C\CCCC(=O)O[C@H](COC(=O)CCCCCCCCCCCCCCCCCCCCC)COP(=O)(O)OCC[N+](C)(C)C. The Morgan fingerprint density at radius 2 is 1.13 bits per heavy atom. The van der Waals surface area contributed by atoms with Gasteiger partial charge in [-0.15, -0.1) is 0 Å². The molecular weight excluding hydrogens is 790 g/mol. The molecule has 61 heavy (non-hydrogen) atoms. The summed E-state index contributed by atoms with van der Waals surface area (Å²) >= 11 is 0. The Morgan fingerprint density at radius 1 is 0.607 bits per heavy atom. The molecule has 0 radical (unpaired) electrons. The van der Waals surface area contributed by atoms with Gasteiger partial charge in [0.15, 0.2) is 6.10 Å². The molecule has 0 aromatic rings. The van der Waals surface area contributed by atoms with Gasteiger partial charge < -0.3 is 24.0 Å². The van der Waals surface area contributed by atoms with Gasteiger partial charge in [-0.25, -0.2) is 4.57 Å². The van der Waals surface area contributed by atoms with Crippen LogP contribution < -0.4 is 0 Å². The summed E-state index contributed by atoms with van der Waals surface area (Å²) in [6, 6.07) is 0. The summed E-state index contributed by atoms with van der Waals surface area (Å²) in [6.45, 7) is 4.16. The molecule has 0 bridgehead atoms. The lowest BCUT2D eigenvalue weighted by atomic mass is 10.0. The van der Waals surface area contributed by atoms with Crippen LogP contribution in [-0.2, 0) is 32.7 Å². The molecule has 2 unspecified atom stereocenters. The Kier molecular flexibility index (Phi) is 40.1. The fraction of sp³-hybridized carbons (Fsp3) is 0.760. The molecule has 10 nitrogen and oxygen atoms in total. The molecule has 0 saturated heterocycles. The number of quaternary nitrogens is 1. The predicted octanol–water partition coefficient (Wildman–Crippen LogP) is 13.0. The molecule has 0 amide bonds. The molecular formula is C50H91NO9P+. The first kappa shape index (κ1) is 58.7. The molecule has 0 rings (SSSR count). The van der Waals surface area contributed by atoms with Gasteiger partial charge in [-0.1, -0.05) is 190 Å². The number of esters is 2. The highest BCUT2D eigenvalue weighted by atomic mass is 31.2. The van der Waals surface area contributed by atoms with Gasteiger partial charge in [0.25, 0.3) is 0 Å². The van der Waals surface area contributed by atoms with E-state index in [2.05, 4.69) is 32.1 Å². The van der Waals surface area contributed by atoms with E-state index in [1.165, 1.54) is 103 Å². The van der Waals surface area contributed by atoms with Crippen molar-refractivity contribution in [1.82, 2.24) is 0 Å². The molecule has 354 valence electrons. The van der Waals surface area contributed by atoms with Crippen molar-refractivity contribution in [2.45, 2.75) is 199 Å². The smallest absolute Gasteiger partial charge is 0.462 e. The summed E-state index contributed by atoms with van der Waals surface area (Å²) < 4.78 is 34.3. The van der Waals surface area contributed by atoms with Crippen LogP contribution in [0.1, 0.15) is 187 Å². The zero-order chi connectivity index (χ0) is 45.1. The van der Waals surface area contributed by atoms with Crippen LogP contribution >= 0.6 is 7.82 Å². The Labute approximate surface area is 373 Å². The molecule has 2 N–H and O–H groups in total. The average Bonchev–Trinajstić information content (AvgIpc) is 3.21. The van der Waals surface area contributed by atoms with E-state index in [1.54, 1.807) is 6.08 Å². The van der Waals surface area contributed by atoms with E-state index in [9.17, 15) is 24.2 Å². The summed E-state index contributed by atoms with van der Waals surface area (Å²) in [5.41, 5.74) is 0. The number of likely N-dealkylation sites (N-methyl/N-ethyl adjacent to an activating group) is 1. The van der Waals surface area contributed by atoms with Crippen molar-refractivity contribution in [3.8, 4) is 0 Å². The molecule has 3 atom stereocenters. The molecule has 0 aromatic carbocycles. The lowest BCUT2D eigenvalue weighted by molar-refractivity contribution is -0.870. The number of carbonyl (C=O) groups is 2.